The van der Waals surface area contributed by atoms with Gasteiger partial charge in [0.1, 0.15) is 0 Å². The van der Waals surface area contributed by atoms with Gasteiger partial charge in [0, 0.05) is 13.5 Å². The lowest BCUT2D eigenvalue weighted by Crippen LogP contribution is -2.17. The van der Waals surface area contributed by atoms with E-state index in [0.717, 1.165) is 5.69 Å². The van der Waals surface area contributed by atoms with Gasteiger partial charge in [-0.1, -0.05) is 0 Å². The molecule has 1 amide bonds. The first kappa shape index (κ1) is 9.73. The molecule has 0 unspecified atom stereocenters. The first-order chi connectivity index (χ1) is 6.07. The van der Waals surface area contributed by atoms with Crippen molar-refractivity contribution in [3.05, 3.63) is 17.0 Å². The van der Waals surface area contributed by atoms with Gasteiger partial charge in [0.2, 0.25) is 0 Å². The van der Waals surface area contributed by atoms with E-state index < -0.39 is 5.91 Å². The largest absolute Gasteiger partial charge is 0.365 e. The molecule has 1 heterocycles. The summed E-state index contributed by atoms with van der Waals surface area (Å²) >= 11 is 0. The molecule has 1 rings (SSSR count). The van der Waals surface area contributed by atoms with Gasteiger partial charge in [-0.25, -0.2) is 0 Å². The zero-order valence-corrected chi connectivity index (χ0v) is 7.87. The molecule has 0 aliphatic heterocycles. The van der Waals surface area contributed by atoms with E-state index in [4.69, 9.17) is 11.5 Å². The number of amides is 1. The van der Waals surface area contributed by atoms with Crippen molar-refractivity contribution in [1.29, 1.82) is 0 Å². The van der Waals surface area contributed by atoms with Crippen LogP contribution in [0.5, 0.6) is 0 Å². The topological polar surface area (TPSA) is 86.9 Å². The van der Waals surface area contributed by atoms with Crippen molar-refractivity contribution >= 4 is 5.91 Å². The molecule has 0 atom stereocenters. The highest BCUT2D eigenvalue weighted by Crippen LogP contribution is 2.12. The highest BCUT2D eigenvalue weighted by atomic mass is 16.1. The molecule has 5 heteroatoms. The van der Waals surface area contributed by atoms with Crippen LogP contribution in [0.1, 0.15) is 21.7 Å². The summed E-state index contributed by atoms with van der Waals surface area (Å²) in [6.45, 7) is 2.25. The van der Waals surface area contributed by atoms with Crippen molar-refractivity contribution in [2.24, 2.45) is 18.5 Å². The van der Waals surface area contributed by atoms with Crippen molar-refractivity contribution in [2.75, 3.05) is 6.54 Å². The molecule has 0 bridgehead atoms. The van der Waals surface area contributed by atoms with Gasteiger partial charge in [-0.3, -0.25) is 9.48 Å². The van der Waals surface area contributed by atoms with E-state index in [-0.39, 0.29) is 0 Å². The second-order valence-corrected chi connectivity index (χ2v) is 2.93. The minimum Gasteiger partial charge on any atom is -0.365 e. The lowest BCUT2D eigenvalue weighted by atomic mass is 10.1. The number of hydrogen-bond donors (Lipinski definition) is 2. The molecule has 4 N–H and O–H groups in total. The minimum absolute atomic E-state index is 0.436. The van der Waals surface area contributed by atoms with Crippen LogP contribution in [-0.4, -0.2) is 22.2 Å². The van der Waals surface area contributed by atoms with Crippen LogP contribution in [0.2, 0.25) is 0 Å². The quantitative estimate of drug-likeness (QED) is 0.649. The maximum Gasteiger partial charge on any atom is 0.252 e. The molecule has 0 saturated carbocycles. The van der Waals surface area contributed by atoms with E-state index >= 15 is 0 Å². The minimum atomic E-state index is -0.436. The summed E-state index contributed by atoms with van der Waals surface area (Å²) in [7, 11) is 1.78. The van der Waals surface area contributed by atoms with Crippen LogP contribution in [0.25, 0.3) is 0 Å². The summed E-state index contributed by atoms with van der Waals surface area (Å²) < 4.78 is 1.66. The molecule has 0 aromatic carbocycles. The number of rotatable bonds is 3. The standard InChI is InChI=1S/C8H14N4O/c1-5-7(8(10)13)6(3-4-9)12(2)11-5/h3-4,9H2,1-2H3,(H2,10,13). The van der Waals surface area contributed by atoms with Crippen molar-refractivity contribution in [3.8, 4) is 0 Å². The Morgan fingerprint density at radius 2 is 2.23 bits per heavy atom. The predicted octanol–water partition coefficient (Wildman–Crippen LogP) is -0.671. The van der Waals surface area contributed by atoms with Gasteiger partial charge in [-0.2, -0.15) is 5.10 Å². The van der Waals surface area contributed by atoms with Crippen LogP contribution in [0.4, 0.5) is 0 Å². The normalized spacial score (nSPS) is 10.4. The first-order valence-corrected chi connectivity index (χ1v) is 4.10. The van der Waals surface area contributed by atoms with Crippen LogP contribution in [0.3, 0.4) is 0 Å². The highest BCUT2D eigenvalue weighted by Gasteiger charge is 2.16. The van der Waals surface area contributed by atoms with Gasteiger partial charge in [0.15, 0.2) is 0 Å². The Hall–Kier alpha value is -1.36. The molecule has 0 spiro atoms. The Morgan fingerprint density at radius 3 is 2.69 bits per heavy atom. The van der Waals surface area contributed by atoms with Crippen LogP contribution in [0.15, 0.2) is 0 Å². The molecule has 1 aromatic rings. The van der Waals surface area contributed by atoms with E-state index in [0.29, 0.717) is 24.2 Å². The fourth-order valence-electron chi connectivity index (χ4n) is 1.45. The number of primary amides is 1. The smallest absolute Gasteiger partial charge is 0.252 e. The third-order valence-electron chi connectivity index (χ3n) is 1.97. The van der Waals surface area contributed by atoms with Crippen molar-refractivity contribution in [3.63, 3.8) is 0 Å². The SMILES string of the molecule is Cc1nn(C)c(CCN)c1C(N)=O. The molecule has 0 aliphatic rings. The molecular formula is C8H14N4O. The summed E-state index contributed by atoms with van der Waals surface area (Å²) in [5.41, 5.74) is 12.6. The molecule has 72 valence electrons. The summed E-state index contributed by atoms with van der Waals surface area (Å²) in [6, 6.07) is 0. The zero-order valence-electron chi connectivity index (χ0n) is 7.87. The summed E-state index contributed by atoms with van der Waals surface area (Å²) in [5, 5.41) is 4.11. The number of nitrogens with two attached hydrogens (primary N) is 2. The van der Waals surface area contributed by atoms with Gasteiger partial charge in [-0.15, -0.1) is 0 Å². The molecular weight excluding hydrogens is 168 g/mol. The summed E-state index contributed by atoms with van der Waals surface area (Å²) in [6.07, 6.45) is 0.621. The molecule has 13 heavy (non-hydrogen) atoms. The molecule has 0 radical (unpaired) electrons. The monoisotopic (exact) mass is 182 g/mol. The lowest BCUT2D eigenvalue weighted by Gasteiger charge is -2.01. The van der Waals surface area contributed by atoms with Crippen molar-refractivity contribution in [1.82, 2.24) is 9.78 Å². The molecule has 0 aliphatic carbocycles. The predicted molar refractivity (Wildman–Crippen MR) is 49.2 cm³/mol. The van der Waals surface area contributed by atoms with E-state index in [2.05, 4.69) is 5.10 Å². The van der Waals surface area contributed by atoms with Gasteiger partial charge in [-0.05, 0) is 13.5 Å². The molecule has 5 nitrogen and oxygen atoms in total. The van der Waals surface area contributed by atoms with Crippen LogP contribution >= 0.6 is 0 Å². The number of aryl methyl sites for hydroxylation is 2. The zero-order chi connectivity index (χ0) is 10.0. The number of hydrogen-bond acceptors (Lipinski definition) is 3. The second-order valence-electron chi connectivity index (χ2n) is 2.93. The van der Waals surface area contributed by atoms with Crippen LogP contribution in [0, 0.1) is 6.92 Å². The Balaban J connectivity index is 3.20. The third-order valence-corrected chi connectivity index (χ3v) is 1.97. The van der Waals surface area contributed by atoms with Gasteiger partial charge < -0.3 is 11.5 Å². The molecule has 0 saturated heterocycles. The maximum atomic E-state index is 11.1. The number of nitrogens with zero attached hydrogens (tertiary/aromatic N) is 2. The Morgan fingerprint density at radius 1 is 1.62 bits per heavy atom. The third kappa shape index (κ3) is 1.70. The average Bonchev–Trinajstić information content (AvgIpc) is 2.27. The number of aromatic nitrogens is 2. The fraction of sp³-hybridized carbons (Fsp3) is 0.500. The Labute approximate surface area is 76.7 Å². The van der Waals surface area contributed by atoms with E-state index in [1.54, 1.807) is 18.7 Å². The molecule has 0 fully saturated rings. The van der Waals surface area contributed by atoms with Crippen LogP contribution < -0.4 is 11.5 Å². The highest BCUT2D eigenvalue weighted by molar-refractivity contribution is 5.95. The van der Waals surface area contributed by atoms with Gasteiger partial charge in [0.25, 0.3) is 5.91 Å². The fourth-order valence-corrected chi connectivity index (χ4v) is 1.45. The first-order valence-electron chi connectivity index (χ1n) is 4.10. The lowest BCUT2D eigenvalue weighted by molar-refractivity contribution is 0.0998. The van der Waals surface area contributed by atoms with Gasteiger partial charge in [0.05, 0.1) is 17.0 Å². The Bertz CT molecular complexity index is 329. The summed E-state index contributed by atoms with van der Waals surface area (Å²) in [5.74, 6) is -0.436. The van der Waals surface area contributed by atoms with Crippen LogP contribution in [-0.2, 0) is 13.5 Å². The number of carbonyl (C=O) groups is 1. The molecule has 1 aromatic heterocycles. The van der Waals surface area contributed by atoms with Gasteiger partial charge >= 0.3 is 0 Å². The van der Waals surface area contributed by atoms with Crippen molar-refractivity contribution < 1.29 is 4.79 Å². The summed E-state index contributed by atoms with van der Waals surface area (Å²) in [4.78, 5) is 11.1. The Kier molecular flexibility index (Phi) is 2.67. The second kappa shape index (κ2) is 3.57. The average molecular weight is 182 g/mol. The maximum absolute atomic E-state index is 11.1. The van der Waals surface area contributed by atoms with E-state index in [1.807, 2.05) is 0 Å². The van der Waals surface area contributed by atoms with E-state index in [9.17, 15) is 4.79 Å². The number of carbonyl (C=O) groups excluding carboxylic acids is 1. The van der Waals surface area contributed by atoms with Crippen molar-refractivity contribution in [2.45, 2.75) is 13.3 Å². The van der Waals surface area contributed by atoms with E-state index in [1.165, 1.54) is 0 Å².